The van der Waals surface area contributed by atoms with Crippen LogP contribution in [-0.2, 0) is 16.6 Å². The molecule has 0 amide bonds. The molecule has 1 atom stereocenters. The summed E-state index contributed by atoms with van der Waals surface area (Å²) in [5.74, 6) is -1.41. The standard InChI is InChI=1S/C24H14Cl3F3N2O5/c25-15-6-7-16(17(26)12-15)23(13-31,37-21-4-2-1-3-19(21)32(34)35)22(33)9-10-36-20-8-5-14(11-18(20)27)24(28,29)30/h1-8,11-12H,9-10H2. The van der Waals surface area contributed by atoms with E-state index in [0.717, 1.165) is 18.2 Å². The van der Waals surface area contributed by atoms with Gasteiger partial charge in [0.05, 0.1) is 27.1 Å². The molecule has 0 aliphatic rings. The van der Waals surface area contributed by atoms with Crippen LogP contribution in [0.2, 0.25) is 15.1 Å². The highest BCUT2D eigenvalue weighted by molar-refractivity contribution is 6.35. The largest absolute Gasteiger partial charge is 0.492 e. The first-order valence-corrected chi connectivity index (χ1v) is 11.3. The molecule has 3 aromatic carbocycles. The van der Waals surface area contributed by atoms with Crippen LogP contribution >= 0.6 is 34.8 Å². The number of ketones is 1. The summed E-state index contributed by atoms with van der Waals surface area (Å²) in [6, 6.07) is 13.2. The van der Waals surface area contributed by atoms with Crippen molar-refractivity contribution in [2.75, 3.05) is 6.61 Å². The van der Waals surface area contributed by atoms with Gasteiger partial charge in [-0.15, -0.1) is 0 Å². The third kappa shape index (κ3) is 6.25. The molecular formula is C24H14Cl3F3N2O5. The third-order valence-corrected chi connectivity index (χ3v) is 5.87. The summed E-state index contributed by atoms with van der Waals surface area (Å²) in [7, 11) is 0. The Morgan fingerprint density at radius 2 is 1.70 bits per heavy atom. The number of ether oxygens (including phenoxy) is 2. The number of para-hydroxylation sites is 2. The van der Waals surface area contributed by atoms with E-state index in [0.29, 0.717) is 6.07 Å². The number of carbonyl (C=O) groups is 1. The number of benzene rings is 3. The number of Topliss-reactive ketones (excluding diaryl/α,β-unsaturated/α-hetero) is 1. The van der Waals surface area contributed by atoms with Crippen LogP contribution in [0.3, 0.4) is 0 Å². The lowest BCUT2D eigenvalue weighted by atomic mass is 9.88. The van der Waals surface area contributed by atoms with Crippen molar-refractivity contribution in [3.8, 4) is 17.6 Å². The Morgan fingerprint density at radius 1 is 1.00 bits per heavy atom. The number of halogens is 6. The van der Waals surface area contributed by atoms with Crippen molar-refractivity contribution in [2.24, 2.45) is 0 Å². The Hall–Kier alpha value is -3.52. The molecule has 0 aromatic heterocycles. The summed E-state index contributed by atoms with van der Waals surface area (Å²) in [5.41, 5.74) is -4.08. The average molecular weight is 574 g/mol. The second-order valence-electron chi connectivity index (χ2n) is 7.41. The van der Waals surface area contributed by atoms with Crippen LogP contribution in [0.5, 0.6) is 11.5 Å². The number of carbonyl (C=O) groups excluding carboxylic acids is 1. The molecule has 3 aromatic rings. The Morgan fingerprint density at radius 3 is 2.30 bits per heavy atom. The summed E-state index contributed by atoms with van der Waals surface area (Å²) in [5, 5.41) is 21.3. The van der Waals surface area contributed by atoms with Gasteiger partial charge in [0.15, 0.2) is 11.5 Å². The molecular weight excluding hydrogens is 560 g/mol. The zero-order chi connectivity index (χ0) is 27.4. The van der Waals surface area contributed by atoms with E-state index >= 15 is 0 Å². The zero-order valence-electron chi connectivity index (χ0n) is 18.4. The number of nitro groups is 1. The minimum atomic E-state index is -4.61. The molecule has 0 N–H and O–H groups in total. The molecule has 0 saturated heterocycles. The number of nitro benzene ring substituents is 1. The van der Waals surface area contributed by atoms with Crippen molar-refractivity contribution in [1.82, 2.24) is 0 Å². The van der Waals surface area contributed by atoms with Gasteiger partial charge >= 0.3 is 11.9 Å². The van der Waals surface area contributed by atoms with E-state index < -0.39 is 46.8 Å². The lowest BCUT2D eigenvalue weighted by Crippen LogP contribution is -2.41. The van der Waals surface area contributed by atoms with Crippen LogP contribution in [0.4, 0.5) is 18.9 Å². The number of hydrogen-bond acceptors (Lipinski definition) is 6. The summed E-state index contributed by atoms with van der Waals surface area (Å²) in [6.07, 6.45) is -5.12. The van der Waals surface area contributed by atoms with Crippen molar-refractivity contribution in [3.63, 3.8) is 0 Å². The molecule has 0 radical (unpaired) electrons. The Balaban J connectivity index is 1.94. The van der Waals surface area contributed by atoms with Crippen molar-refractivity contribution in [1.29, 1.82) is 5.26 Å². The van der Waals surface area contributed by atoms with Crippen LogP contribution in [0.15, 0.2) is 60.7 Å². The van der Waals surface area contributed by atoms with Crippen LogP contribution in [-0.4, -0.2) is 17.3 Å². The van der Waals surface area contributed by atoms with Crippen LogP contribution < -0.4 is 9.47 Å². The zero-order valence-corrected chi connectivity index (χ0v) is 20.7. The molecule has 0 fully saturated rings. The first kappa shape index (κ1) is 28.1. The summed E-state index contributed by atoms with van der Waals surface area (Å²) < 4.78 is 49.6. The molecule has 0 saturated carbocycles. The van der Waals surface area contributed by atoms with Crippen molar-refractivity contribution in [3.05, 3.63) is 97.0 Å². The van der Waals surface area contributed by atoms with Gasteiger partial charge in [-0.05, 0) is 36.4 Å². The van der Waals surface area contributed by atoms with Gasteiger partial charge in [-0.3, -0.25) is 14.9 Å². The Kier molecular flexibility index (Phi) is 8.53. The van der Waals surface area contributed by atoms with Crippen molar-refractivity contribution >= 4 is 46.3 Å². The number of nitrogens with zero attached hydrogens (tertiary/aromatic N) is 2. The fourth-order valence-corrected chi connectivity index (χ4v) is 4.04. The van der Waals surface area contributed by atoms with E-state index in [1.165, 1.54) is 36.4 Å². The van der Waals surface area contributed by atoms with Gasteiger partial charge in [0, 0.05) is 23.1 Å². The average Bonchev–Trinajstić information content (AvgIpc) is 2.83. The molecule has 0 bridgehead atoms. The molecule has 13 heteroatoms. The number of rotatable bonds is 9. The SMILES string of the molecule is N#CC(Oc1ccccc1[N+](=O)[O-])(C(=O)CCOc1ccc(C(F)(F)F)cc1Cl)c1ccc(Cl)cc1Cl. The molecule has 7 nitrogen and oxygen atoms in total. The summed E-state index contributed by atoms with van der Waals surface area (Å²) in [4.78, 5) is 24.1. The quantitative estimate of drug-likeness (QED) is 0.195. The normalized spacial score (nSPS) is 12.8. The third-order valence-electron chi connectivity index (χ3n) is 5.03. The molecule has 0 aliphatic carbocycles. The van der Waals surface area contributed by atoms with Gasteiger partial charge in [0.2, 0.25) is 0 Å². The number of alkyl halides is 3. The highest BCUT2D eigenvalue weighted by Gasteiger charge is 2.45. The Labute approximate surface area is 223 Å². The minimum Gasteiger partial charge on any atom is -0.492 e. The predicted octanol–water partition coefficient (Wildman–Crippen LogP) is 7.41. The van der Waals surface area contributed by atoms with Gasteiger partial charge in [-0.1, -0.05) is 53.0 Å². The Bertz CT molecular complexity index is 1390. The van der Waals surface area contributed by atoms with E-state index in [4.69, 9.17) is 44.3 Å². The van der Waals surface area contributed by atoms with Crippen molar-refractivity contribution in [2.45, 2.75) is 18.2 Å². The summed E-state index contributed by atoms with van der Waals surface area (Å²) >= 11 is 18.1. The van der Waals surface area contributed by atoms with E-state index in [2.05, 4.69) is 0 Å². The van der Waals surface area contributed by atoms with Gasteiger partial charge in [0.25, 0.3) is 5.60 Å². The number of nitriles is 1. The minimum absolute atomic E-state index is 0.118. The van der Waals surface area contributed by atoms with E-state index in [1.54, 1.807) is 6.07 Å². The molecule has 0 aliphatic heterocycles. The molecule has 0 spiro atoms. The lowest BCUT2D eigenvalue weighted by Gasteiger charge is -2.27. The second kappa shape index (κ2) is 11.3. The fourth-order valence-electron chi connectivity index (χ4n) is 3.27. The van der Waals surface area contributed by atoms with Gasteiger partial charge < -0.3 is 9.47 Å². The summed E-state index contributed by atoms with van der Waals surface area (Å²) in [6.45, 7) is -0.418. The van der Waals surface area contributed by atoms with Gasteiger partial charge in [-0.2, -0.15) is 18.4 Å². The number of hydrogen-bond donors (Lipinski definition) is 0. The lowest BCUT2D eigenvalue weighted by molar-refractivity contribution is -0.386. The van der Waals surface area contributed by atoms with Gasteiger partial charge in [-0.25, -0.2) is 0 Å². The fraction of sp³-hybridized carbons (Fsp3) is 0.167. The van der Waals surface area contributed by atoms with Gasteiger partial charge in [0.1, 0.15) is 11.8 Å². The molecule has 0 heterocycles. The van der Waals surface area contributed by atoms with E-state index in [1.807, 2.05) is 0 Å². The molecule has 192 valence electrons. The highest BCUT2D eigenvalue weighted by Crippen LogP contribution is 2.39. The molecule has 3 rings (SSSR count). The van der Waals surface area contributed by atoms with Crippen LogP contribution in [0.1, 0.15) is 17.5 Å². The maximum absolute atomic E-state index is 13.4. The highest BCUT2D eigenvalue weighted by atomic mass is 35.5. The van der Waals surface area contributed by atoms with E-state index in [9.17, 15) is 33.3 Å². The smallest absolute Gasteiger partial charge is 0.416 e. The predicted molar refractivity (Wildman–Crippen MR) is 129 cm³/mol. The van der Waals surface area contributed by atoms with Crippen LogP contribution in [0.25, 0.3) is 0 Å². The maximum Gasteiger partial charge on any atom is 0.416 e. The molecule has 37 heavy (non-hydrogen) atoms. The maximum atomic E-state index is 13.4. The first-order chi connectivity index (χ1) is 17.4. The first-order valence-electron chi connectivity index (χ1n) is 10.2. The second-order valence-corrected chi connectivity index (χ2v) is 8.66. The van der Waals surface area contributed by atoms with E-state index in [-0.39, 0.29) is 32.1 Å². The molecule has 1 unspecified atom stereocenters. The monoisotopic (exact) mass is 572 g/mol. The van der Waals surface area contributed by atoms with Crippen LogP contribution in [0, 0.1) is 21.4 Å². The topological polar surface area (TPSA) is 102 Å². The van der Waals surface area contributed by atoms with Crippen molar-refractivity contribution < 1.29 is 32.4 Å².